The number of rotatable bonds is 7. The number of aliphatic imine (C=N–C) groups is 1. The third-order valence-corrected chi connectivity index (χ3v) is 6.27. The lowest BCUT2D eigenvalue weighted by atomic mass is 9.85. The van der Waals surface area contributed by atoms with E-state index in [4.69, 9.17) is 4.99 Å². The molecule has 2 N–H and O–H groups in total. The number of piperazine rings is 1. The minimum absolute atomic E-state index is 0. The summed E-state index contributed by atoms with van der Waals surface area (Å²) in [5, 5.41) is 6.47. The van der Waals surface area contributed by atoms with Gasteiger partial charge in [0.2, 0.25) is 11.8 Å². The standard InChI is InChI=1S/C21H38N6O2.HI/c1-4-22-20(23-16-21(9-5-6-10-21)19(29)25(2)3)27-13-11-26(12-14-27)15-18(28)24-17-7-8-17;/h17H,4-16H2,1-3H3,(H,22,23)(H,24,28);1H. The van der Waals surface area contributed by atoms with Crippen molar-refractivity contribution in [3.8, 4) is 0 Å². The Labute approximate surface area is 198 Å². The van der Waals surface area contributed by atoms with E-state index in [-0.39, 0.29) is 41.2 Å². The third-order valence-electron chi connectivity index (χ3n) is 6.27. The first kappa shape index (κ1) is 25.2. The Morgan fingerprint density at radius 3 is 2.27 bits per heavy atom. The summed E-state index contributed by atoms with van der Waals surface area (Å²) < 4.78 is 0. The van der Waals surface area contributed by atoms with Crippen molar-refractivity contribution in [1.29, 1.82) is 0 Å². The topological polar surface area (TPSA) is 80.3 Å². The monoisotopic (exact) mass is 534 g/mol. The molecule has 172 valence electrons. The highest BCUT2D eigenvalue weighted by Crippen LogP contribution is 2.39. The number of hydrogen-bond acceptors (Lipinski definition) is 4. The fraction of sp³-hybridized carbons (Fsp3) is 0.857. The zero-order chi connectivity index (χ0) is 20.9. The summed E-state index contributed by atoms with van der Waals surface area (Å²) in [5.74, 6) is 1.25. The predicted octanol–water partition coefficient (Wildman–Crippen LogP) is 1.11. The molecule has 1 saturated heterocycles. The highest BCUT2D eigenvalue weighted by molar-refractivity contribution is 14.0. The van der Waals surface area contributed by atoms with Gasteiger partial charge in [0.05, 0.1) is 18.5 Å². The molecule has 0 aromatic rings. The molecule has 0 unspecified atom stereocenters. The van der Waals surface area contributed by atoms with E-state index in [0.717, 1.165) is 77.2 Å². The van der Waals surface area contributed by atoms with Gasteiger partial charge >= 0.3 is 0 Å². The van der Waals surface area contributed by atoms with Crippen molar-refractivity contribution in [2.24, 2.45) is 10.4 Å². The highest BCUT2D eigenvalue weighted by Gasteiger charge is 2.42. The fourth-order valence-electron chi connectivity index (χ4n) is 4.44. The van der Waals surface area contributed by atoms with Gasteiger partial charge in [0, 0.05) is 52.9 Å². The normalized spacial score (nSPS) is 21.7. The number of guanidine groups is 1. The SMILES string of the molecule is CCNC(=NCC1(C(=O)N(C)C)CCCC1)N1CCN(CC(=O)NC2CC2)CC1.I. The summed E-state index contributed by atoms with van der Waals surface area (Å²) >= 11 is 0. The van der Waals surface area contributed by atoms with Crippen LogP contribution in [0.5, 0.6) is 0 Å². The molecule has 0 radical (unpaired) electrons. The molecule has 2 saturated carbocycles. The molecule has 3 fully saturated rings. The lowest BCUT2D eigenvalue weighted by Gasteiger charge is -2.37. The highest BCUT2D eigenvalue weighted by atomic mass is 127. The van der Waals surface area contributed by atoms with Crippen LogP contribution in [-0.4, -0.2) is 98.4 Å². The molecular weight excluding hydrogens is 495 g/mol. The molecule has 0 aromatic heterocycles. The van der Waals surface area contributed by atoms with Gasteiger partial charge in [-0.25, -0.2) is 0 Å². The van der Waals surface area contributed by atoms with Crippen LogP contribution in [-0.2, 0) is 9.59 Å². The average molecular weight is 534 g/mol. The fourth-order valence-corrected chi connectivity index (χ4v) is 4.44. The van der Waals surface area contributed by atoms with Gasteiger partial charge in [-0.1, -0.05) is 12.8 Å². The molecule has 0 aromatic carbocycles. The number of nitrogens with zero attached hydrogens (tertiary/aromatic N) is 4. The van der Waals surface area contributed by atoms with Crippen LogP contribution in [0.3, 0.4) is 0 Å². The van der Waals surface area contributed by atoms with Crippen molar-refractivity contribution in [2.45, 2.75) is 51.5 Å². The Bertz CT molecular complexity index is 609. The maximum atomic E-state index is 12.8. The van der Waals surface area contributed by atoms with Crippen molar-refractivity contribution in [3.05, 3.63) is 0 Å². The van der Waals surface area contributed by atoms with Crippen LogP contribution in [0, 0.1) is 5.41 Å². The summed E-state index contributed by atoms with van der Waals surface area (Å²) in [6.07, 6.45) is 6.31. The smallest absolute Gasteiger partial charge is 0.234 e. The van der Waals surface area contributed by atoms with Crippen molar-refractivity contribution < 1.29 is 9.59 Å². The number of carbonyl (C=O) groups excluding carboxylic acids is 2. The molecular formula is C21H39IN6O2. The van der Waals surface area contributed by atoms with Crippen molar-refractivity contribution in [1.82, 2.24) is 25.3 Å². The number of carbonyl (C=O) groups is 2. The van der Waals surface area contributed by atoms with Gasteiger partial charge in [0.25, 0.3) is 0 Å². The van der Waals surface area contributed by atoms with E-state index >= 15 is 0 Å². The Morgan fingerprint density at radius 2 is 1.73 bits per heavy atom. The van der Waals surface area contributed by atoms with Crippen LogP contribution >= 0.6 is 24.0 Å². The number of halogens is 1. The molecule has 1 heterocycles. The van der Waals surface area contributed by atoms with Gasteiger partial charge in [-0.15, -0.1) is 24.0 Å². The molecule has 0 spiro atoms. The molecule has 9 heteroatoms. The molecule has 2 aliphatic carbocycles. The second-order valence-corrected chi connectivity index (χ2v) is 8.96. The van der Waals surface area contributed by atoms with E-state index in [1.165, 1.54) is 0 Å². The van der Waals surface area contributed by atoms with Gasteiger partial charge in [-0.05, 0) is 32.6 Å². The Hall–Kier alpha value is -1.10. The molecule has 1 aliphatic heterocycles. The maximum Gasteiger partial charge on any atom is 0.234 e. The van der Waals surface area contributed by atoms with Crippen LogP contribution in [0.2, 0.25) is 0 Å². The Kier molecular flexibility index (Phi) is 9.65. The van der Waals surface area contributed by atoms with Crippen molar-refractivity contribution in [2.75, 3.05) is 59.9 Å². The quantitative estimate of drug-likeness (QED) is 0.291. The van der Waals surface area contributed by atoms with E-state index < -0.39 is 0 Å². The lowest BCUT2D eigenvalue weighted by Crippen LogP contribution is -2.54. The summed E-state index contributed by atoms with van der Waals surface area (Å²) in [6.45, 7) is 7.31. The minimum atomic E-state index is -0.340. The van der Waals surface area contributed by atoms with Crippen LogP contribution in [0.25, 0.3) is 0 Å². The van der Waals surface area contributed by atoms with Crippen LogP contribution < -0.4 is 10.6 Å². The maximum absolute atomic E-state index is 12.8. The van der Waals surface area contributed by atoms with E-state index in [9.17, 15) is 9.59 Å². The first-order valence-electron chi connectivity index (χ1n) is 11.2. The molecule has 30 heavy (non-hydrogen) atoms. The molecule has 0 bridgehead atoms. The third kappa shape index (κ3) is 6.70. The van der Waals surface area contributed by atoms with Crippen LogP contribution in [0.4, 0.5) is 0 Å². The molecule has 0 atom stereocenters. The molecule has 3 rings (SSSR count). The van der Waals surface area contributed by atoms with E-state index in [1.54, 1.807) is 4.90 Å². The van der Waals surface area contributed by atoms with Gasteiger partial charge < -0.3 is 20.4 Å². The molecule has 2 amide bonds. The van der Waals surface area contributed by atoms with E-state index in [0.29, 0.717) is 19.1 Å². The number of hydrogen-bond donors (Lipinski definition) is 2. The van der Waals surface area contributed by atoms with Gasteiger partial charge in [-0.2, -0.15) is 0 Å². The summed E-state index contributed by atoms with van der Waals surface area (Å²) in [6, 6.07) is 0.420. The van der Waals surface area contributed by atoms with Gasteiger partial charge in [0.15, 0.2) is 5.96 Å². The van der Waals surface area contributed by atoms with Crippen LogP contribution in [0.1, 0.15) is 45.4 Å². The summed E-state index contributed by atoms with van der Waals surface area (Å²) in [7, 11) is 3.69. The van der Waals surface area contributed by atoms with E-state index in [1.807, 2.05) is 14.1 Å². The Morgan fingerprint density at radius 1 is 1.10 bits per heavy atom. The summed E-state index contributed by atoms with van der Waals surface area (Å²) in [5.41, 5.74) is -0.340. The van der Waals surface area contributed by atoms with Crippen LogP contribution in [0.15, 0.2) is 4.99 Å². The van der Waals surface area contributed by atoms with Crippen molar-refractivity contribution in [3.63, 3.8) is 0 Å². The molecule has 8 nitrogen and oxygen atoms in total. The zero-order valence-electron chi connectivity index (χ0n) is 18.8. The second-order valence-electron chi connectivity index (χ2n) is 8.96. The van der Waals surface area contributed by atoms with Gasteiger partial charge in [-0.3, -0.25) is 19.5 Å². The van der Waals surface area contributed by atoms with Gasteiger partial charge in [0.1, 0.15) is 0 Å². The number of amides is 2. The molecule has 3 aliphatic rings. The predicted molar refractivity (Wildman–Crippen MR) is 130 cm³/mol. The first-order chi connectivity index (χ1) is 13.9. The number of nitrogens with one attached hydrogen (secondary N) is 2. The minimum Gasteiger partial charge on any atom is -0.357 e. The van der Waals surface area contributed by atoms with E-state index in [2.05, 4.69) is 27.4 Å². The average Bonchev–Trinajstić information content (AvgIpc) is 3.38. The first-order valence-corrected chi connectivity index (χ1v) is 11.2. The second kappa shape index (κ2) is 11.5. The largest absolute Gasteiger partial charge is 0.357 e. The zero-order valence-corrected chi connectivity index (χ0v) is 21.1. The Balaban J connectivity index is 0.00000320. The lowest BCUT2D eigenvalue weighted by molar-refractivity contribution is -0.138. The summed E-state index contributed by atoms with van der Waals surface area (Å²) in [4.78, 5) is 36.0. The van der Waals surface area contributed by atoms with Crippen molar-refractivity contribution >= 4 is 41.8 Å².